The van der Waals surface area contributed by atoms with Crippen LogP contribution in [0.1, 0.15) is 19.4 Å². The Morgan fingerprint density at radius 3 is 2.31 bits per heavy atom. The second kappa shape index (κ2) is 4.82. The van der Waals surface area contributed by atoms with Gasteiger partial charge in [0, 0.05) is 5.56 Å². The van der Waals surface area contributed by atoms with Gasteiger partial charge in [-0.05, 0) is 26.0 Å². The predicted molar refractivity (Wildman–Crippen MR) is 56.1 cm³/mol. The molecule has 0 fully saturated rings. The van der Waals surface area contributed by atoms with E-state index in [2.05, 4.69) is 16.4 Å². The first-order chi connectivity index (χ1) is 7.29. The zero-order valence-corrected chi connectivity index (χ0v) is 9.86. The molecule has 0 N–H and O–H groups in total. The standard InChI is InChI=1S/C11H13O4P/c1-11(2,15-16(12,13)14)9-8-10-6-4-3-5-7-10/h3-7H,1-2H3,(H2,12,13,14)/p-2. The summed E-state index contributed by atoms with van der Waals surface area (Å²) in [4.78, 5) is 20.9. The van der Waals surface area contributed by atoms with Crippen molar-refractivity contribution in [2.75, 3.05) is 0 Å². The second-order valence-electron chi connectivity index (χ2n) is 3.66. The van der Waals surface area contributed by atoms with Crippen molar-refractivity contribution in [3.63, 3.8) is 0 Å². The highest BCUT2D eigenvalue weighted by Gasteiger charge is 2.16. The molecule has 0 bridgehead atoms. The van der Waals surface area contributed by atoms with Crippen LogP contribution in [0.3, 0.4) is 0 Å². The maximum atomic E-state index is 10.4. The van der Waals surface area contributed by atoms with Crippen molar-refractivity contribution in [3.8, 4) is 11.8 Å². The Labute approximate surface area is 94.5 Å². The van der Waals surface area contributed by atoms with Crippen molar-refractivity contribution in [2.45, 2.75) is 19.4 Å². The summed E-state index contributed by atoms with van der Waals surface area (Å²) in [6.07, 6.45) is 0. The van der Waals surface area contributed by atoms with Crippen LogP contribution in [0.25, 0.3) is 0 Å². The zero-order chi connectivity index (χ0) is 12.2. The number of rotatable bonds is 2. The van der Waals surface area contributed by atoms with E-state index in [4.69, 9.17) is 0 Å². The van der Waals surface area contributed by atoms with Gasteiger partial charge in [0.1, 0.15) is 5.60 Å². The van der Waals surface area contributed by atoms with Crippen LogP contribution in [0.5, 0.6) is 0 Å². The molecule has 0 aromatic heterocycles. The average molecular weight is 238 g/mol. The first-order valence-corrected chi connectivity index (χ1v) is 6.06. The minimum Gasteiger partial charge on any atom is -0.790 e. The molecular formula is C11H11O4P-2. The molecule has 0 aliphatic rings. The van der Waals surface area contributed by atoms with Crippen LogP contribution in [0.2, 0.25) is 0 Å². The van der Waals surface area contributed by atoms with Crippen molar-refractivity contribution in [1.82, 2.24) is 0 Å². The topological polar surface area (TPSA) is 72.4 Å². The van der Waals surface area contributed by atoms with Crippen LogP contribution >= 0.6 is 7.82 Å². The fourth-order valence-electron chi connectivity index (χ4n) is 1.05. The van der Waals surface area contributed by atoms with E-state index in [1.165, 1.54) is 13.8 Å². The summed E-state index contributed by atoms with van der Waals surface area (Å²) in [5, 5.41) is 0. The molecule has 0 saturated heterocycles. The number of phosphoric ester groups is 1. The molecule has 16 heavy (non-hydrogen) atoms. The first-order valence-electron chi connectivity index (χ1n) is 4.60. The molecule has 0 unspecified atom stereocenters. The Morgan fingerprint density at radius 1 is 1.25 bits per heavy atom. The van der Waals surface area contributed by atoms with Gasteiger partial charge < -0.3 is 18.9 Å². The van der Waals surface area contributed by atoms with Crippen LogP contribution in [-0.4, -0.2) is 5.60 Å². The Balaban J connectivity index is 2.81. The molecule has 1 aromatic carbocycles. The van der Waals surface area contributed by atoms with E-state index in [1.54, 1.807) is 12.1 Å². The Kier molecular flexibility index (Phi) is 3.90. The molecule has 0 heterocycles. The third-order valence-corrected chi connectivity index (χ3v) is 2.30. The zero-order valence-electron chi connectivity index (χ0n) is 8.97. The molecule has 4 nitrogen and oxygen atoms in total. The smallest absolute Gasteiger partial charge is 0.128 e. The summed E-state index contributed by atoms with van der Waals surface area (Å²) in [6.45, 7) is 2.84. The minimum atomic E-state index is -5.01. The van der Waals surface area contributed by atoms with Crippen LogP contribution in [0.4, 0.5) is 0 Å². The van der Waals surface area contributed by atoms with E-state index >= 15 is 0 Å². The van der Waals surface area contributed by atoms with Gasteiger partial charge in [-0.1, -0.05) is 30.0 Å². The van der Waals surface area contributed by atoms with Gasteiger partial charge >= 0.3 is 0 Å². The first kappa shape index (κ1) is 13.0. The van der Waals surface area contributed by atoms with Crippen LogP contribution < -0.4 is 9.79 Å². The average Bonchev–Trinajstić information content (AvgIpc) is 2.13. The molecule has 1 aromatic rings. The summed E-state index contributed by atoms with van der Waals surface area (Å²) < 4.78 is 14.8. The number of hydrogen-bond donors (Lipinski definition) is 0. The summed E-state index contributed by atoms with van der Waals surface area (Å²) in [5.74, 6) is 5.32. The van der Waals surface area contributed by atoms with E-state index in [0.29, 0.717) is 0 Å². The Hall–Kier alpha value is -1.11. The van der Waals surface area contributed by atoms with Crippen molar-refractivity contribution >= 4 is 7.82 Å². The highest BCUT2D eigenvalue weighted by molar-refractivity contribution is 7.43. The highest BCUT2D eigenvalue weighted by Crippen LogP contribution is 2.32. The molecule has 0 amide bonds. The third kappa shape index (κ3) is 5.11. The molecule has 1 rings (SSSR count). The van der Waals surface area contributed by atoms with E-state index in [0.717, 1.165) is 5.56 Å². The Morgan fingerprint density at radius 2 is 1.81 bits per heavy atom. The van der Waals surface area contributed by atoms with Gasteiger partial charge in [0.25, 0.3) is 0 Å². The van der Waals surface area contributed by atoms with Crippen LogP contribution in [-0.2, 0) is 9.09 Å². The quantitative estimate of drug-likeness (QED) is 0.560. The van der Waals surface area contributed by atoms with Crippen LogP contribution in [0, 0.1) is 11.8 Å². The SMILES string of the molecule is CC(C)(C#Cc1ccccc1)OP(=O)([O-])[O-]. The van der Waals surface area contributed by atoms with Gasteiger partial charge in [-0.15, -0.1) is 0 Å². The molecule has 5 heteroatoms. The van der Waals surface area contributed by atoms with Gasteiger partial charge in [-0.3, -0.25) is 0 Å². The lowest BCUT2D eigenvalue weighted by molar-refractivity contribution is -0.346. The molecule has 0 aliphatic carbocycles. The molecule has 0 aliphatic heterocycles. The summed E-state index contributed by atoms with van der Waals surface area (Å²) >= 11 is 0. The predicted octanol–water partition coefficient (Wildman–Crippen LogP) is 0.662. The number of phosphoric acid groups is 1. The fourth-order valence-corrected chi connectivity index (χ4v) is 1.65. The van der Waals surface area contributed by atoms with Crippen LogP contribution in [0.15, 0.2) is 30.3 Å². The van der Waals surface area contributed by atoms with Gasteiger partial charge in [-0.2, -0.15) is 0 Å². The lowest BCUT2D eigenvalue weighted by Gasteiger charge is -2.35. The van der Waals surface area contributed by atoms with Gasteiger partial charge in [0.15, 0.2) is 0 Å². The van der Waals surface area contributed by atoms with E-state index in [1.807, 2.05) is 18.2 Å². The van der Waals surface area contributed by atoms with Gasteiger partial charge in [-0.25, -0.2) is 0 Å². The van der Waals surface area contributed by atoms with Crippen molar-refractivity contribution in [3.05, 3.63) is 35.9 Å². The lowest BCUT2D eigenvalue weighted by atomic mass is 10.1. The van der Waals surface area contributed by atoms with Gasteiger partial charge in [0.2, 0.25) is 0 Å². The molecule has 86 valence electrons. The molecule has 0 spiro atoms. The largest absolute Gasteiger partial charge is 0.790 e. The maximum Gasteiger partial charge on any atom is 0.128 e. The Bertz CT molecular complexity index is 450. The van der Waals surface area contributed by atoms with Crippen molar-refractivity contribution in [2.24, 2.45) is 0 Å². The minimum absolute atomic E-state index is 0.728. The molecule has 0 saturated carbocycles. The molecule has 0 atom stereocenters. The summed E-state index contributed by atoms with van der Waals surface area (Å²) in [5.41, 5.74) is -0.583. The fraction of sp³-hybridized carbons (Fsp3) is 0.273. The highest BCUT2D eigenvalue weighted by atomic mass is 31.2. The van der Waals surface area contributed by atoms with E-state index in [9.17, 15) is 14.4 Å². The summed E-state index contributed by atoms with van der Waals surface area (Å²) in [6, 6.07) is 9.01. The monoisotopic (exact) mass is 238 g/mol. The van der Waals surface area contributed by atoms with Gasteiger partial charge in [0.05, 0.1) is 7.82 Å². The molecular weight excluding hydrogens is 227 g/mol. The van der Waals surface area contributed by atoms with E-state index in [-0.39, 0.29) is 0 Å². The third-order valence-electron chi connectivity index (χ3n) is 1.62. The van der Waals surface area contributed by atoms with Crippen molar-refractivity contribution < 1.29 is 18.9 Å². The van der Waals surface area contributed by atoms with E-state index < -0.39 is 13.4 Å². The van der Waals surface area contributed by atoms with Crippen molar-refractivity contribution in [1.29, 1.82) is 0 Å². The number of benzene rings is 1. The maximum absolute atomic E-state index is 10.4. The summed E-state index contributed by atoms with van der Waals surface area (Å²) in [7, 11) is -5.01. The second-order valence-corrected chi connectivity index (χ2v) is 4.74. The normalized spacial score (nSPS) is 11.8. The molecule has 0 radical (unpaired) electrons. The lowest BCUT2D eigenvalue weighted by Crippen LogP contribution is -2.28. The number of hydrogen-bond acceptors (Lipinski definition) is 4.